The van der Waals surface area contributed by atoms with E-state index in [1.165, 1.54) is 6.92 Å². The summed E-state index contributed by atoms with van der Waals surface area (Å²) in [7, 11) is 0. The normalized spacial score (nSPS) is 13.0. The fraction of sp³-hybridized carbons (Fsp3) is 0.222. The Morgan fingerprint density at radius 3 is 2.67 bits per heavy atom. The van der Waals surface area contributed by atoms with Crippen molar-refractivity contribution in [3.63, 3.8) is 0 Å². The monoisotopic (exact) mass is 214 g/mol. The standard InChI is InChI=1S/C9H8F2N2O2/c1-5(9(14)15)12-13-8-3-2-6(10)4-7(8)11/h2-5H,1H3,(H,14,15). The van der Waals surface area contributed by atoms with Crippen LogP contribution in [-0.2, 0) is 4.79 Å². The number of hydrogen-bond donors (Lipinski definition) is 1. The van der Waals surface area contributed by atoms with E-state index < -0.39 is 23.6 Å². The molecule has 0 aliphatic carbocycles. The molecule has 0 saturated carbocycles. The predicted molar refractivity (Wildman–Crippen MR) is 48.0 cm³/mol. The van der Waals surface area contributed by atoms with Crippen LogP contribution in [0.2, 0.25) is 0 Å². The summed E-state index contributed by atoms with van der Waals surface area (Å²) in [6, 6.07) is 1.69. The van der Waals surface area contributed by atoms with Crippen molar-refractivity contribution < 1.29 is 18.7 Å². The number of carboxylic acid groups (broad SMARTS) is 1. The van der Waals surface area contributed by atoms with Crippen LogP contribution < -0.4 is 0 Å². The first-order valence-electron chi connectivity index (χ1n) is 4.09. The zero-order valence-electron chi connectivity index (χ0n) is 7.82. The molecule has 1 aromatic rings. The molecule has 0 aliphatic rings. The zero-order valence-corrected chi connectivity index (χ0v) is 7.82. The van der Waals surface area contributed by atoms with Crippen molar-refractivity contribution in [1.29, 1.82) is 0 Å². The van der Waals surface area contributed by atoms with E-state index >= 15 is 0 Å². The average Bonchev–Trinajstić information content (AvgIpc) is 2.15. The van der Waals surface area contributed by atoms with Crippen molar-refractivity contribution in [3.8, 4) is 0 Å². The quantitative estimate of drug-likeness (QED) is 0.785. The lowest BCUT2D eigenvalue weighted by Gasteiger charge is -1.98. The van der Waals surface area contributed by atoms with Crippen LogP contribution in [0, 0.1) is 11.6 Å². The van der Waals surface area contributed by atoms with Crippen molar-refractivity contribution in [2.45, 2.75) is 13.0 Å². The highest BCUT2D eigenvalue weighted by Crippen LogP contribution is 2.18. The van der Waals surface area contributed by atoms with Crippen LogP contribution in [0.1, 0.15) is 6.92 Å². The molecule has 80 valence electrons. The Kier molecular flexibility index (Phi) is 3.43. The van der Waals surface area contributed by atoms with E-state index in [0.717, 1.165) is 12.1 Å². The van der Waals surface area contributed by atoms with E-state index in [1.807, 2.05) is 0 Å². The molecule has 0 fully saturated rings. The van der Waals surface area contributed by atoms with Gasteiger partial charge in [0.1, 0.15) is 11.5 Å². The molecule has 0 saturated heterocycles. The lowest BCUT2D eigenvalue weighted by molar-refractivity contribution is -0.138. The van der Waals surface area contributed by atoms with Crippen molar-refractivity contribution in [3.05, 3.63) is 29.8 Å². The van der Waals surface area contributed by atoms with Gasteiger partial charge in [0.05, 0.1) is 0 Å². The number of carboxylic acids is 1. The smallest absolute Gasteiger partial charge is 0.330 e. The fourth-order valence-corrected chi connectivity index (χ4v) is 0.761. The van der Waals surface area contributed by atoms with E-state index in [2.05, 4.69) is 10.2 Å². The third kappa shape index (κ3) is 3.08. The maximum Gasteiger partial charge on any atom is 0.330 e. The Bertz CT molecular complexity index is 407. The van der Waals surface area contributed by atoms with Gasteiger partial charge in [-0.15, -0.1) is 0 Å². The lowest BCUT2D eigenvalue weighted by Crippen LogP contribution is -2.11. The Balaban J connectivity index is 2.85. The molecule has 1 aromatic carbocycles. The van der Waals surface area contributed by atoms with Gasteiger partial charge in [0.15, 0.2) is 11.9 Å². The summed E-state index contributed by atoms with van der Waals surface area (Å²) in [4.78, 5) is 10.4. The molecule has 1 rings (SSSR count). The van der Waals surface area contributed by atoms with Crippen LogP contribution in [0.15, 0.2) is 28.4 Å². The topological polar surface area (TPSA) is 62.0 Å². The summed E-state index contributed by atoms with van der Waals surface area (Å²) in [6.45, 7) is 1.30. The summed E-state index contributed by atoms with van der Waals surface area (Å²) in [5, 5.41) is 15.2. The molecule has 0 spiro atoms. The molecule has 0 bridgehead atoms. The Labute approximate surface area is 84.3 Å². The van der Waals surface area contributed by atoms with Gasteiger partial charge >= 0.3 is 5.97 Å². The molecule has 0 aromatic heterocycles. The zero-order chi connectivity index (χ0) is 11.4. The summed E-state index contributed by atoms with van der Waals surface area (Å²) >= 11 is 0. The summed E-state index contributed by atoms with van der Waals surface area (Å²) in [6.07, 6.45) is 0. The first-order valence-corrected chi connectivity index (χ1v) is 4.09. The number of azo groups is 1. The second kappa shape index (κ2) is 4.59. The van der Waals surface area contributed by atoms with Crippen molar-refractivity contribution >= 4 is 11.7 Å². The van der Waals surface area contributed by atoms with Crippen LogP contribution >= 0.6 is 0 Å². The van der Waals surface area contributed by atoms with E-state index in [-0.39, 0.29) is 5.69 Å². The number of benzene rings is 1. The molecular weight excluding hydrogens is 206 g/mol. The molecule has 0 radical (unpaired) electrons. The first kappa shape index (κ1) is 11.2. The van der Waals surface area contributed by atoms with E-state index in [4.69, 9.17) is 5.11 Å². The molecule has 15 heavy (non-hydrogen) atoms. The van der Waals surface area contributed by atoms with Crippen molar-refractivity contribution in [2.24, 2.45) is 10.2 Å². The second-order valence-corrected chi connectivity index (χ2v) is 2.83. The molecule has 4 nitrogen and oxygen atoms in total. The highest BCUT2D eigenvalue weighted by atomic mass is 19.1. The number of hydrogen-bond acceptors (Lipinski definition) is 3. The Morgan fingerprint density at radius 2 is 2.13 bits per heavy atom. The van der Waals surface area contributed by atoms with Gasteiger partial charge < -0.3 is 5.11 Å². The molecule has 1 atom stereocenters. The van der Waals surface area contributed by atoms with E-state index in [0.29, 0.717) is 6.07 Å². The second-order valence-electron chi connectivity index (χ2n) is 2.83. The van der Waals surface area contributed by atoms with Gasteiger partial charge in [0, 0.05) is 6.07 Å². The Morgan fingerprint density at radius 1 is 1.47 bits per heavy atom. The maximum atomic E-state index is 13.0. The van der Waals surface area contributed by atoms with Gasteiger partial charge in [0.2, 0.25) is 0 Å². The summed E-state index contributed by atoms with van der Waals surface area (Å²) < 4.78 is 25.4. The van der Waals surface area contributed by atoms with Crippen molar-refractivity contribution in [1.82, 2.24) is 0 Å². The lowest BCUT2D eigenvalue weighted by atomic mass is 10.3. The minimum atomic E-state index is -1.17. The van der Waals surface area contributed by atoms with Crippen molar-refractivity contribution in [2.75, 3.05) is 0 Å². The molecule has 6 heteroatoms. The third-order valence-electron chi connectivity index (χ3n) is 1.61. The molecule has 1 N–H and O–H groups in total. The number of carbonyl (C=O) groups is 1. The van der Waals surface area contributed by atoms with E-state index in [9.17, 15) is 13.6 Å². The van der Waals surface area contributed by atoms with Crippen LogP contribution in [-0.4, -0.2) is 17.1 Å². The number of rotatable bonds is 3. The fourth-order valence-electron chi connectivity index (χ4n) is 0.761. The number of nitrogens with zero attached hydrogens (tertiary/aromatic N) is 2. The molecule has 0 amide bonds. The minimum absolute atomic E-state index is 0.190. The highest BCUT2D eigenvalue weighted by molar-refractivity contribution is 5.72. The van der Waals surface area contributed by atoms with Gasteiger partial charge in [-0.3, -0.25) is 0 Å². The summed E-state index contributed by atoms with van der Waals surface area (Å²) in [5.74, 6) is -2.77. The van der Waals surface area contributed by atoms with E-state index in [1.54, 1.807) is 0 Å². The van der Waals surface area contributed by atoms with Crippen LogP contribution in [0.4, 0.5) is 14.5 Å². The van der Waals surface area contributed by atoms with Gasteiger partial charge in [-0.1, -0.05) is 0 Å². The molecule has 0 aliphatic heterocycles. The minimum Gasteiger partial charge on any atom is -0.480 e. The molecule has 0 heterocycles. The molecular formula is C9H8F2N2O2. The van der Waals surface area contributed by atoms with Crippen LogP contribution in [0.3, 0.4) is 0 Å². The predicted octanol–water partition coefficient (Wildman–Crippen LogP) is 2.52. The maximum absolute atomic E-state index is 13.0. The van der Waals surface area contributed by atoms with Crippen LogP contribution in [0.25, 0.3) is 0 Å². The van der Waals surface area contributed by atoms with Gasteiger partial charge in [-0.05, 0) is 19.1 Å². The SMILES string of the molecule is CC(N=Nc1ccc(F)cc1F)C(=O)O. The first-order chi connectivity index (χ1) is 7.00. The largest absolute Gasteiger partial charge is 0.480 e. The average molecular weight is 214 g/mol. The Hall–Kier alpha value is -1.85. The van der Waals surface area contributed by atoms with Gasteiger partial charge in [0.25, 0.3) is 0 Å². The van der Waals surface area contributed by atoms with Crippen LogP contribution in [0.5, 0.6) is 0 Å². The van der Waals surface area contributed by atoms with Gasteiger partial charge in [-0.2, -0.15) is 10.2 Å². The number of halogens is 2. The number of aliphatic carboxylic acids is 1. The molecule has 1 unspecified atom stereocenters. The third-order valence-corrected chi connectivity index (χ3v) is 1.61. The summed E-state index contributed by atoms with van der Waals surface area (Å²) in [5.41, 5.74) is -0.190. The highest BCUT2D eigenvalue weighted by Gasteiger charge is 2.09. The van der Waals surface area contributed by atoms with Gasteiger partial charge in [-0.25, -0.2) is 13.6 Å².